The Hall–Kier alpha value is -1.71. The van der Waals surface area contributed by atoms with Crippen molar-refractivity contribution >= 4 is 11.6 Å². The first-order valence-electron chi connectivity index (χ1n) is 9.54. The number of carbonyl (C=O) groups is 1. The summed E-state index contributed by atoms with van der Waals surface area (Å²) in [6, 6.07) is 8.23. The molecule has 0 atom stereocenters. The number of rotatable bonds is 10. The first-order valence-corrected chi connectivity index (χ1v) is 9.54. The minimum absolute atomic E-state index is 0.0816. The molecule has 1 aliphatic rings. The van der Waals surface area contributed by atoms with Gasteiger partial charge in [-0.25, -0.2) is 0 Å². The fraction of sp³-hybridized carbons (Fsp3) is 0.650. The number of anilines is 1. The van der Waals surface area contributed by atoms with Crippen LogP contribution in [-0.4, -0.2) is 25.1 Å². The minimum atomic E-state index is 0.0816. The van der Waals surface area contributed by atoms with E-state index in [0.717, 1.165) is 37.3 Å². The van der Waals surface area contributed by atoms with Crippen LogP contribution >= 0.6 is 0 Å². The van der Waals surface area contributed by atoms with Gasteiger partial charge in [0.1, 0.15) is 5.75 Å². The van der Waals surface area contributed by atoms with E-state index in [-0.39, 0.29) is 5.91 Å². The summed E-state index contributed by atoms with van der Waals surface area (Å²) in [5.41, 5.74) is 0.951. The first-order chi connectivity index (χ1) is 11.8. The molecule has 0 heterocycles. The fourth-order valence-electron chi connectivity index (χ4n) is 3.10. The summed E-state index contributed by atoms with van der Waals surface area (Å²) in [5.74, 6) is 0.974. The van der Waals surface area contributed by atoms with E-state index >= 15 is 0 Å². The van der Waals surface area contributed by atoms with Crippen molar-refractivity contribution in [1.82, 2.24) is 5.32 Å². The van der Waals surface area contributed by atoms with Gasteiger partial charge in [0.2, 0.25) is 5.91 Å². The molecule has 4 nitrogen and oxygen atoms in total. The number of benzene rings is 1. The molecule has 1 saturated carbocycles. The van der Waals surface area contributed by atoms with E-state index in [4.69, 9.17) is 4.74 Å². The van der Waals surface area contributed by atoms with Crippen LogP contribution in [0.5, 0.6) is 5.75 Å². The van der Waals surface area contributed by atoms with Crippen LogP contribution in [0, 0.1) is 0 Å². The van der Waals surface area contributed by atoms with Gasteiger partial charge in [0.25, 0.3) is 0 Å². The van der Waals surface area contributed by atoms with Crippen LogP contribution < -0.4 is 15.4 Å². The molecule has 0 radical (unpaired) electrons. The molecule has 4 heteroatoms. The number of amides is 1. The van der Waals surface area contributed by atoms with E-state index in [1.165, 1.54) is 38.5 Å². The summed E-state index contributed by atoms with van der Waals surface area (Å²) in [7, 11) is 0. The predicted molar refractivity (Wildman–Crippen MR) is 99.6 cm³/mol. The average molecular weight is 332 g/mol. The topological polar surface area (TPSA) is 50.4 Å². The summed E-state index contributed by atoms with van der Waals surface area (Å²) >= 11 is 0. The molecule has 0 aliphatic heterocycles. The largest absolute Gasteiger partial charge is 0.494 e. The number of hydrogen-bond acceptors (Lipinski definition) is 3. The molecule has 0 saturated heterocycles. The SMILES string of the molecule is CCCCCCOc1ccc(NCC(=O)NC2CCCCC2)cc1. The Morgan fingerprint density at radius 3 is 2.54 bits per heavy atom. The molecule has 0 bridgehead atoms. The standard InChI is InChI=1S/C20H32N2O2/c1-2-3-4-8-15-24-19-13-11-17(12-14-19)21-16-20(23)22-18-9-6-5-7-10-18/h11-14,18,21H,2-10,15-16H2,1H3,(H,22,23). The van der Waals surface area contributed by atoms with E-state index in [9.17, 15) is 4.79 Å². The van der Waals surface area contributed by atoms with Crippen LogP contribution in [0.15, 0.2) is 24.3 Å². The maximum atomic E-state index is 12.0. The van der Waals surface area contributed by atoms with Gasteiger partial charge in [-0.2, -0.15) is 0 Å². The molecule has 1 amide bonds. The van der Waals surface area contributed by atoms with Crippen LogP contribution in [0.3, 0.4) is 0 Å². The van der Waals surface area contributed by atoms with Crippen LogP contribution in [0.2, 0.25) is 0 Å². The third kappa shape index (κ3) is 7.24. The molecular formula is C20H32N2O2. The smallest absolute Gasteiger partial charge is 0.239 e. The maximum Gasteiger partial charge on any atom is 0.239 e. The van der Waals surface area contributed by atoms with E-state index < -0.39 is 0 Å². The van der Waals surface area contributed by atoms with Crippen molar-refractivity contribution in [2.45, 2.75) is 70.8 Å². The molecule has 2 rings (SSSR count). The van der Waals surface area contributed by atoms with Gasteiger partial charge in [0, 0.05) is 11.7 Å². The molecule has 2 N–H and O–H groups in total. The lowest BCUT2D eigenvalue weighted by molar-refractivity contribution is -0.120. The van der Waals surface area contributed by atoms with Gasteiger partial charge in [-0.05, 0) is 43.5 Å². The second-order valence-corrected chi connectivity index (χ2v) is 6.69. The normalized spacial score (nSPS) is 15.0. The molecule has 0 unspecified atom stereocenters. The van der Waals surface area contributed by atoms with Gasteiger partial charge >= 0.3 is 0 Å². The average Bonchev–Trinajstić information content (AvgIpc) is 2.62. The van der Waals surface area contributed by atoms with Crippen molar-refractivity contribution in [3.63, 3.8) is 0 Å². The lowest BCUT2D eigenvalue weighted by atomic mass is 9.95. The third-order valence-corrected chi connectivity index (χ3v) is 4.54. The molecule has 0 spiro atoms. The second kappa shape index (κ2) is 11.0. The van der Waals surface area contributed by atoms with Gasteiger partial charge < -0.3 is 15.4 Å². The Morgan fingerprint density at radius 1 is 1.08 bits per heavy atom. The van der Waals surface area contributed by atoms with Crippen molar-refractivity contribution in [1.29, 1.82) is 0 Å². The molecule has 1 aromatic carbocycles. The highest BCUT2D eigenvalue weighted by atomic mass is 16.5. The summed E-state index contributed by atoms with van der Waals surface area (Å²) in [6.07, 6.45) is 10.9. The summed E-state index contributed by atoms with van der Waals surface area (Å²) in [4.78, 5) is 12.0. The van der Waals surface area contributed by atoms with Gasteiger partial charge in [0.05, 0.1) is 13.2 Å². The lowest BCUT2D eigenvalue weighted by Crippen LogP contribution is -2.39. The molecular weight excluding hydrogens is 300 g/mol. The van der Waals surface area contributed by atoms with Gasteiger partial charge in [-0.1, -0.05) is 45.4 Å². The van der Waals surface area contributed by atoms with Crippen molar-refractivity contribution < 1.29 is 9.53 Å². The highest BCUT2D eigenvalue weighted by molar-refractivity contribution is 5.81. The Morgan fingerprint density at radius 2 is 1.83 bits per heavy atom. The van der Waals surface area contributed by atoms with Crippen LogP contribution in [-0.2, 0) is 4.79 Å². The Labute approximate surface area is 146 Å². The Bertz CT molecular complexity index is 467. The quantitative estimate of drug-likeness (QED) is 0.620. The Kier molecular flexibility index (Phi) is 8.50. The van der Waals surface area contributed by atoms with Gasteiger partial charge in [-0.3, -0.25) is 4.79 Å². The number of ether oxygens (including phenoxy) is 1. The minimum Gasteiger partial charge on any atom is -0.494 e. The number of unbranched alkanes of at least 4 members (excludes halogenated alkanes) is 3. The number of nitrogens with one attached hydrogen (secondary N) is 2. The van der Waals surface area contributed by atoms with Crippen molar-refractivity contribution in [3.8, 4) is 5.75 Å². The number of carbonyl (C=O) groups excluding carboxylic acids is 1. The molecule has 1 aliphatic carbocycles. The molecule has 1 fully saturated rings. The van der Waals surface area contributed by atoms with Crippen LogP contribution in [0.4, 0.5) is 5.69 Å². The zero-order valence-electron chi connectivity index (χ0n) is 15.0. The second-order valence-electron chi connectivity index (χ2n) is 6.69. The van der Waals surface area contributed by atoms with Crippen molar-refractivity contribution in [2.75, 3.05) is 18.5 Å². The summed E-state index contributed by atoms with van der Waals surface area (Å²) < 4.78 is 5.73. The monoisotopic (exact) mass is 332 g/mol. The maximum absolute atomic E-state index is 12.0. The fourth-order valence-corrected chi connectivity index (χ4v) is 3.10. The zero-order chi connectivity index (χ0) is 17.0. The summed E-state index contributed by atoms with van der Waals surface area (Å²) in [6.45, 7) is 3.31. The van der Waals surface area contributed by atoms with E-state index in [2.05, 4.69) is 17.6 Å². The van der Waals surface area contributed by atoms with Crippen LogP contribution in [0.1, 0.15) is 64.7 Å². The predicted octanol–water partition coefficient (Wildman–Crippen LogP) is 4.51. The molecule has 24 heavy (non-hydrogen) atoms. The van der Waals surface area contributed by atoms with Gasteiger partial charge in [-0.15, -0.1) is 0 Å². The van der Waals surface area contributed by atoms with Crippen molar-refractivity contribution in [3.05, 3.63) is 24.3 Å². The lowest BCUT2D eigenvalue weighted by Gasteiger charge is -2.22. The highest BCUT2D eigenvalue weighted by Crippen LogP contribution is 2.18. The van der Waals surface area contributed by atoms with E-state index in [1.54, 1.807) is 0 Å². The molecule has 1 aromatic rings. The third-order valence-electron chi connectivity index (χ3n) is 4.54. The number of hydrogen-bond donors (Lipinski definition) is 2. The van der Waals surface area contributed by atoms with Crippen LogP contribution in [0.25, 0.3) is 0 Å². The molecule has 0 aromatic heterocycles. The highest BCUT2D eigenvalue weighted by Gasteiger charge is 2.15. The van der Waals surface area contributed by atoms with Crippen molar-refractivity contribution in [2.24, 2.45) is 0 Å². The summed E-state index contributed by atoms with van der Waals surface area (Å²) in [5, 5.41) is 6.30. The van der Waals surface area contributed by atoms with Gasteiger partial charge in [0.15, 0.2) is 0 Å². The molecule has 134 valence electrons. The zero-order valence-corrected chi connectivity index (χ0v) is 15.0. The first kappa shape index (κ1) is 18.6. The van der Waals surface area contributed by atoms with E-state index in [1.807, 2.05) is 24.3 Å². The van der Waals surface area contributed by atoms with E-state index in [0.29, 0.717) is 12.6 Å². The Balaban J connectivity index is 1.63.